The van der Waals surface area contributed by atoms with Crippen LogP contribution in [0.2, 0.25) is 0 Å². The molecule has 0 saturated carbocycles. The van der Waals surface area contributed by atoms with Gasteiger partial charge in [-0.15, -0.1) is 0 Å². The zero-order chi connectivity index (χ0) is 19.9. The number of nitrogens with zero attached hydrogens (tertiary/aromatic N) is 3. The monoisotopic (exact) mass is 400 g/mol. The Kier molecular flexibility index (Phi) is 6.38. The van der Waals surface area contributed by atoms with Crippen LogP contribution in [0, 0.1) is 0 Å². The molecule has 1 aromatic carbocycles. The molecule has 146 valence electrons. The Hall–Kier alpha value is -3.20. The molecule has 3 aromatic rings. The zero-order valence-corrected chi connectivity index (χ0v) is 16.4. The fourth-order valence-corrected chi connectivity index (χ4v) is 3.11. The van der Waals surface area contributed by atoms with E-state index in [1.807, 2.05) is 16.8 Å². The molecule has 0 saturated heterocycles. The standard InChI is InChI=1S/C19H20N4O4S/c1-23(11-16(24)20-14-4-3-5-15(10-14)26-2)18(25)7-6-17-21-19(22-27-17)13-8-9-28-12-13/h3-5,8-10,12H,6-7,11H2,1-2H3,(H,20,24). The molecular weight excluding hydrogens is 380 g/mol. The number of hydrogen-bond acceptors (Lipinski definition) is 7. The summed E-state index contributed by atoms with van der Waals surface area (Å²) >= 11 is 1.55. The number of amides is 2. The van der Waals surface area contributed by atoms with Crippen molar-refractivity contribution in [3.05, 3.63) is 47.0 Å². The van der Waals surface area contributed by atoms with E-state index in [0.717, 1.165) is 5.56 Å². The molecule has 2 heterocycles. The summed E-state index contributed by atoms with van der Waals surface area (Å²) < 4.78 is 10.3. The van der Waals surface area contributed by atoms with Crippen LogP contribution in [0.3, 0.4) is 0 Å². The lowest BCUT2D eigenvalue weighted by atomic mass is 10.2. The van der Waals surface area contributed by atoms with Crippen LogP contribution < -0.4 is 10.1 Å². The van der Waals surface area contributed by atoms with Gasteiger partial charge in [-0.2, -0.15) is 16.3 Å². The van der Waals surface area contributed by atoms with E-state index < -0.39 is 0 Å². The highest BCUT2D eigenvalue weighted by molar-refractivity contribution is 7.08. The smallest absolute Gasteiger partial charge is 0.243 e. The molecular formula is C19H20N4O4S. The minimum absolute atomic E-state index is 0.0555. The van der Waals surface area contributed by atoms with Crippen molar-refractivity contribution in [3.63, 3.8) is 0 Å². The fraction of sp³-hybridized carbons (Fsp3) is 0.263. The highest BCUT2D eigenvalue weighted by Crippen LogP contribution is 2.19. The van der Waals surface area contributed by atoms with Crippen molar-refractivity contribution < 1.29 is 18.8 Å². The molecule has 1 N–H and O–H groups in total. The summed E-state index contributed by atoms with van der Waals surface area (Å²) in [6.07, 6.45) is 0.492. The summed E-state index contributed by atoms with van der Waals surface area (Å²) in [5.74, 6) is 1.07. The van der Waals surface area contributed by atoms with Crippen molar-refractivity contribution in [3.8, 4) is 17.1 Å². The highest BCUT2D eigenvalue weighted by Gasteiger charge is 2.16. The molecule has 0 aliphatic heterocycles. The zero-order valence-electron chi connectivity index (χ0n) is 15.5. The summed E-state index contributed by atoms with van der Waals surface area (Å²) in [7, 11) is 3.14. The Balaban J connectivity index is 1.47. The Morgan fingerprint density at radius 1 is 1.32 bits per heavy atom. The SMILES string of the molecule is COc1cccc(NC(=O)CN(C)C(=O)CCc2nc(-c3ccsc3)no2)c1. The first kappa shape index (κ1) is 19.6. The first-order valence-electron chi connectivity index (χ1n) is 8.58. The predicted octanol–water partition coefficient (Wildman–Crippen LogP) is 2.84. The maximum Gasteiger partial charge on any atom is 0.243 e. The van der Waals surface area contributed by atoms with Gasteiger partial charge >= 0.3 is 0 Å². The lowest BCUT2D eigenvalue weighted by Gasteiger charge is -2.16. The van der Waals surface area contributed by atoms with Gasteiger partial charge in [-0.1, -0.05) is 11.2 Å². The third-order valence-corrected chi connectivity index (χ3v) is 4.64. The van der Waals surface area contributed by atoms with Gasteiger partial charge in [0.2, 0.25) is 23.5 Å². The van der Waals surface area contributed by atoms with Crippen LogP contribution in [-0.2, 0) is 16.0 Å². The van der Waals surface area contributed by atoms with E-state index in [4.69, 9.17) is 9.26 Å². The van der Waals surface area contributed by atoms with Gasteiger partial charge in [-0.25, -0.2) is 0 Å². The molecule has 2 amide bonds. The molecule has 9 heteroatoms. The van der Waals surface area contributed by atoms with Crippen LogP contribution in [0.5, 0.6) is 5.75 Å². The van der Waals surface area contributed by atoms with Crippen LogP contribution >= 0.6 is 11.3 Å². The number of anilines is 1. The van der Waals surface area contributed by atoms with Crippen LogP contribution in [0.1, 0.15) is 12.3 Å². The number of carbonyl (C=O) groups is 2. The Labute approximate surface area is 166 Å². The molecule has 2 aromatic heterocycles. The Morgan fingerprint density at radius 2 is 2.18 bits per heavy atom. The predicted molar refractivity (Wildman–Crippen MR) is 105 cm³/mol. The Bertz CT molecular complexity index is 939. The van der Waals surface area contributed by atoms with E-state index in [2.05, 4.69) is 15.5 Å². The molecule has 8 nitrogen and oxygen atoms in total. The van der Waals surface area contributed by atoms with E-state index in [9.17, 15) is 9.59 Å². The lowest BCUT2D eigenvalue weighted by molar-refractivity contribution is -0.133. The maximum atomic E-state index is 12.3. The van der Waals surface area contributed by atoms with Crippen molar-refractivity contribution in [2.75, 3.05) is 26.0 Å². The number of nitrogens with one attached hydrogen (secondary N) is 1. The molecule has 0 unspecified atom stereocenters. The van der Waals surface area contributed by atoms with Gasteiger partial charge in [0.05, 0.1) is 13.7 Å². The highest BCUT2D eigenvalue weighted by atomic mass is 32.1. The normalized spacial score (nSPS) is 10.5. The van der Waals surface area contributed by atoms with Crippen molar-refractivity contribution >= 4 is 28.8 Å². The third-order valence-electron chi connectivity index (χ3n) is 3.96. The summed E-state index contributed by atoms with van der Waals surface area (Å²) in [6.45, 7) is -0.0555. The Morgan fingerprint density at radius 3 is 2.93 bits per heavy atom. The molecule has 0 bridgehead atoms. The summed E-state index contributed by atoms with van der Waals surface area (Å²) in [6, 6.07) is 8.92. The van der Waals surface area contributed by atoms with Gasteiger partial charge in [0.1, 0.15) is 5.75 Å². The molecule has 0 aliphatic carbocycles. The minimum atomic E-state index is -0.290. The number of thiophene rings is 1. The van der Waals surface area contributed by atoms with Crippen molar-refractivity contribution in [2.45, 2.75) is 12.8 Å². The van der Waals surface area contributed by atoms with Crippen LogP contribution in [0.15, 0.2) is 45.6 Å². The van der Waals surface area contributed by atoms with Crippen LogP contribution in [0.25, 0.3) is 11.4 Å². The fourth-order valence-electron chi connectivity index (χ4n) is 2.48. The number of hydrogen-bond donors (Lipinski definition) is 1. The summed E-state index contributed by atoms with van der Waals surface area (Å²) in [4.78, 5) is 30.1. The molecule has 0 fully saturated rings. The summed E-state index contributed by atoms with van der Waals surface area (Å²) in [5.41, 5.74) is 1.50. The number of benzene rings is 1. The first-order chi connectivity index (χ1) is 13.5. The van der Waals surface area contributed by atoms with Crippen LogP contribution in [-0.4, -0.2) is 47.6 Å². The number of rotatable bonds is 8. The van der Waals surface area contributed by atoms with Crippen LogP contribution in [0.4, 0.5) is 5.69 Å². The number of aromatic nitrogens is 2. The molecule has 0 radical (unpaired) electrons. The second-order valence-electron chi connectivity index (χ2n) is 6.05. The lowest BCUT2D eigenvalue weighted by Crippen LogP contribution is -2.35. The van der Waals surface area contributed by atoms with Crippen molar-refractivity contribution in [1.82, 2.24) is 15.0 Å². The maximum absolute atomic E-state index is 12.3. The van der Waals surface area contributed by atoms with Gasteiger partial charge < -0.3 is 19.5 Å². The molecule has 0 aliphatic rings. The first-order valence-corrected chi connectivity index (χ1v) is 9.52. The second kappa shape index (κ2) is 9.14. The largest absolute Gasteiger partial charge is 0.497 e. The molecule has 28 heavy (non-hydrogen) atoms. The van der Waals surface area contributed by atoms with Crippen molar-refractivity contribution in [2.24, 2.45) is 0 Å². The van der Waals surface area contributed by atoms with Gasteiger partial charge in [0, 0.05) is 42.6 Å². The van der Waals surface area contributed by atoms with E-state index in [1.165, 1.54) is 4.90 Å². The van der Waals surface area contributed by atoms with Gasteiger partial charge in [0.15, 0.2) is 0 Å². The average Bonchev–Trinajstić information content (AvgIpc) is 3.37. The van der Waals surface area contributed by atoms with E-state index in [1.54, 1.807) is 49.8 Å². The number of ether oxygens (including phenoxy) is 1. The second-order valence-corrected chi connectivity index (χ2v) is 6.83. The van der Waals surface area contributed by atoms with E-state index in [-0.39, 0.29) is 24.8 Å². The number of likely N-dealkylation sites (N-methyl/N-ethyl adjacent to an activating group) is 1. The molecule has 3 rings (SSSR count). The van der Waals surface area contributed by atoms with Gasteiger partial charge in [0.25, 0.3) is 0 Å². The quantitative estimate of drug-likeness (QED) is 0.624. The molecule has 0 spiro atoms. The van der Waals surface area contributed by atoms with E-state index in [0.29, 0.717) is 29.6 Å². The third kappa shape index (κ3) is 5.17. The van der Waals surface area contributed by atoms with Gasteiger partial charge in [-0.05, 0) is 23.6 Å². The number of methoxy groups -OCH3 is 1. The molecule has 0 atom stereocenters. The topological polar surface area (TPSA) is 97.6 Å². The number of aryl methyl sites for hydroxylation is 1. The van der Waals surface area contributed by atoms with E-state index >= 15 is 0 Å². The summed E-state index contributed by atoms with van der Waals surface area (Å²) in [5, 5.41) is 10.5. The minimum Gasteiger partial charge on any atom is -0.497 e. The van der Waals surface area contributed by atoms with Crippen molar-refractivity contribution in [1.29, 1.82) is 0 Å². The average molecular weight is 400 g/mol. The van der Waals surface area contributed by atoms with Gasteiger partial charge in [-0.3, -0.25) is 9.59 Å². The number of carbonyl (C=O) groups excluding carboxylic acids is 2.